The van der Waals surface area contributed by atoms with Gasteiger partial charge in [-0.1, -0.05) is 6.07 Å². The van der Waals surface area contributed by atoms with E-state index in [1.54, 1.807) is 24.3 Å². The van der Waals surface area contributed by atoms with Crippen LogP contribution in [0, 0.1) is 11.3 Å². The lowest BCUT2D eigenvalue weighted by Crippen LogP contribution is -2.44. The van der Waals surface area contributed by atoms with Gasteiger partial charge < -0.3 is 9.64 Å². The number of benzene rings is 1. The molecule has 5 nitrogen and oxygen atoms in total. The van der Waals surface area contributed by atoms with E-state index in [0.29, 0.717) is 24.1 Å². The number of likely N-dealkylation sites (tertiary alicyclic amines) is 1. The van der Waals surface area contributed by atoms with Gasteiger partial charge in [0.1, 0.15) is 12.1 Å². The van der Waals surface area contributed by atoms with Crippen LogP contribution in [0.25, 0.3) is 0 Å². The molecule has 0 N–H and O–H groups in total. The lowest BCUT2D eigenvalue weighted by Gasteiger charge is -2.25. The SMILES string of the molecule is N#Cc1cccc(C(=O)N2C[C@@H]3C[C@@H]2C(=O)O3)c1. The molecule has 0 spiro atoms. The van der Waals surface area contributed by atoms with Crippen molar-refractivity contribution in [2.45, 2.75) is 18.6 Å². The molecule has 2 aliphatic rings. The number of amides is 1. The van der Waals surface area contributed by atoms with Crippen LogP contribution in [0.15, 0.2) is 24.3 Å². The molecule has 90 valence electrons. The van der Waals surface area contributed by atoms with Gasteiger partial charge in [-0.3, -0.25) is 4.79 Å². The molecule has 2 fully saturated rings. The predicted molar refractivity (Wildman–Crippen MR) is 60.5 cm³/mol. The first kappa shape index (κ1) is 10.8. The zero-order valence-corrected chi connectivity index (χ0v) is 9.50. The van der Waals surface area contributed by atoms with Gasteiger partial charge in [-0.05, 0) is 18.2 Å². The number of hydrogen-bond donors (Lipinski definition) is 0. The predicted octanol–water partition coefficient (Wildman–Crippen LogP) is 0.698. The van der Waals surface area contributed by atoms with Crippen molar-refractivity contribution in [3.63, 3.8) is 0 Å². The Morgan fingerprint density at radius 3 is 3.00 bits per heavy atom. The average Bonchev–Trinajstić information content (AvgIpc) is 2.96. The third-order valence-corrected chi connectivity index (χ3v) is 3.32. The Morgan fingerprint density at radius 2 is 2.33 bits per heavy atom. The Labute approximate surface area is 104 Å². The number of rotatable bonds is 1. The minimum Gasteiger partial charge on any atom is -0.459 e. The Morgan fingerprint density at radius 1 is 1.50 bits per heavy atom. The summed E-state index contributed by atoms with van der Waals surface area (Å²) in [5, 5.41) is 8.81. The van der Waals surface area contributed by atoms with Crippen LogP contribution in [-0.4, -0.2) is 35.5 Å². The monoisotopic (exact) mass is 242 g/mol. The summed E-state index contributed by atoms with van der Waals surface area (Å²) in [4.78, 5) is 25.2. The molecule has 2 saturated heterocycles. The van der Waals surface area contributed by atoms with Gasteiger partial charge >= 0.3 is 5.97 Å². The van der Waals surface area contributed by atoms with E-state index in [1.165, 1.54) is 4.90 Å². The molecule has 0 aliphatic carbocycles. The van der Waals surface area contributed by atoms with Gasteiger partial charge in [-0.15, -0.1) is 0 Å². The molecular weight excluding hydrogens is 232 g/mol. The standard InChI is InChI=1S/C13H10N2O3/c14-6-8-2-1-3-9(4-8)12(16)15-7-10-5-11(15)13(17)18-10/h1-4,10-11H,5,7H2/t10-,11+/m0/s1. The molecule has 1 aromatic carbocycles. The maximum absolute atomic E-state index is 12.3. The summed E-state index contributed by atoms with van der Waals surface area (Å²) in [7, 11) is 0. The first-order chi connectivity index (χ1) is 8.69. The van der Waals surface area contributed by atoms with Crippen molar-refractivity contribution in [1.82, 2.24) is 4.90 Å². The summed E-state index contributed by atoms with van der Waals surface area (Å²) in [6.45, 7) is 0.450. The highest BCUT2D eigenvalue weighted by Crippen LogP contribution is 2.30. The number of nitriles is 1. The maximum atomic E-state index is 12.3. The van der Waals surface area contributed by atoms with E-state index in [1.807, 2.05) is 6.07 Å². The third kappa shape index (κ3) is 1.54. The molecular formula is C13H10N2O3. The molecule has 0 saturated carbocycles. The summed E-state index contributed by atoms with van der Waals surface area (Å²) in [5.41, 5.74) is 0.877. The van der Waals surface area contributed by atoms with Crippen molar-refractivity contribution < 1.29 is 14.3 Å². The van der Waals surface area contributed by atoms with Gasteiger partial charge in [-0.25, -0.2) is 4.79 Å². The molecule has 0 radical (unpaired) electrons. The molecule has 2 aliphatic heterocycles. The van der Waals surface area contributed by atoms with Gasteiger partial charge in [-0.2, -0.15) is 5.26 Å². The Hall–Kier alpha value is -2.35. The van der Waals surface area contributed by atoms with Gasteiger partial charge in [0.2, 0.25) is 0 Å². The fraction of sp³-hybridized carbons (Fsp3) is 0.308. The molecule has 2 atom stereocenters. The first-order valence-corrected chi connectivity index (χ1v) is 5.70. The summed E-state index contributed by atoms with van der Waals surface area (Å²) >= 11 is 0. The van der Waals surface area contributed by atoms with E-state index in [2.05, 4.69) is 0 Å². The molecule has 18 heavy (non-hydrogen) atoms. The average molecular weight is 242 g/mol. The Balaban J connectivity index is 1.87. The van der Waals surface area contributed by atoms with Crippen LogP contribution >= 0.6 is 0 Å². The fourth-order valence-electron chi connectivity index (χ4n) is 2.46. The summed E-state index contributed by atoms with van der Waals surface area (Å²) in [6.07, 6.45) is 0.424. The van der Waals surface area contributed by atoms with Crippen LogP contribution < -0.4 is 0 Å². The van der Waals surface area contributed by atoms with Crippen molar-refractivity contribution in [3.05, 3.63) is 35.4 Å². The van der Waals surface area contributed by atoms with E-state index in [4.69, 9.17) is 10.00 Å². The smallest absolute Gasteiger partial charge is 0.329 e. The van der Waals surface area contributed by atoms with E-state index < -0.39 is 6.04 Å². The number of morpholine rings is 1. The molecule has 0 aromatic heterocycles. The number of fused-ring (bicyclic) bond motifs is 2. The summed E-state index contributed by atoms with van der Waals surface area (Å²) in [5.74, 6) is -0.535. The molecule has 0 unspecified atom stereocenters. The fourth-order valence-corrected chi connectivity index (χ4v) is 2.46. The van der Waals surface area contributed by atoms with Crippen molar-refractivity contribution in [3.8, 4) is 6.07 Å². The van der Waals surface area contributed by atoms with Crippen molar-refractivity contribution in [2.24, 2.45) is 0 Å². The number of carbonyl (C=O) groups excluding carboxylic acids is 2. The second-order valence-corrected chi connectivity index (χ2v) is 4.46. The quantitative estimate of drug-likeness (QED) is 0.679. The van der Waals surface area contributed by atoms with Crippen molar-refractivity contribution >= 4 is 11.9 Å². The second-order valence-electron chi connectivity index (χ2n) is 4.46. The second kappa shape index (κ2) is 3.84. The Kier molecular flexibility index (Phi) is 2.30. The van der Waals surface area contributed by atoms with E-state index in [-0.39, 0.29) is 18.0 Å². The zero-order chi connectivity index (χ0) is 12.7. The lowest BCUT2D eigenvalue weighted by molar-refractivity contribution is -0.149. The molecule has 1 amide bonds. The minimum atomic E-state index is -0.451. The first-order valence-electron chi connectivity index (χ1n) is 5.70. The molecule has 2 heterocycles. The van der Waals surface area contributed by atoms with E-state index in [0.717, 1.165) is 0 Å². The highest BCUT2D eigenvalue weighted by Gasteiger charge is 2.48. The topological polar surface area (TPSA) is 70.4 Å². The van der Waals surface area contributed by atoms with Crippen LogP contribution in [0.2, 0.25) is 0 Å². The lowest BCUT2D eigenvalue weighted by atomic mass is 10.1. The third-order valence-electron chi connectivity index (χ3n) is 3.32. The highest BCUT2D eigenvalue weighted by atomic mass is 16.6. The van der Waals surface area contributed by atoms with Crippen LogP contribution in [0.4, 0.5) is 0 Å². The van der Waals surface area contributed by atoms with Gasteiger partial charge in [0, 0.05) is 12.0 Å². The van der Waals surface area contributed by atoms with Crippen molar-refractivity contribution in [1.29, 1.82) is 5.26 Å². The summed E-state index contributed by atoms with van der Waals surface area (Å²) < 4.78 is 5.04. The van der Waals surface area contributed by atoms with Crippen LogP contribution in [0.5, 0.6) is 0 Å². The molecule has 2 bridgehead atoms. The van der Waals surface area contributed by atoms with Crippen LogP contribution in [0.3, 0.4) is 0 Å². The van der Waals surface area contributed by atoms with Gasteiger partial charge in [0.05, 0.1) is 18.2 Å². The number of carbonyl (C=O) groups is 2. The number of hydrogen-bond acceptors (Lipinski definition) is 4. The highest BCUT2D eigenvalue weighted by molar-refractivity contribution is 5.98. The minimum absolute atomic E-state index is 0.161. The van der Waals surface area contributed by atoms with E-state index in [9.17, 15) is 9.59 Å². The van der Waals surface area contributed by atoms with Crippen molar-refractivity contribution in [2.75, 3.05) is 6.54 Å². The molecule has 1 aromatic rings. The number of esters is 1. The summed E-state index contributed by atoms with van der Waals surface area (Å²) in [6, 6.07) is 8.04. The van der Waals surface area contributed by atoms with Gasteiger partial charge in [0.25, 0.3) is 5.91 Å². The molecule has 5 heteroatoms. The number of ether oxygens (including phenoxy) is 1. The van der Waals surface area contributed by atoms with Crippen LogP contribution in [0.1, 0.15) is 22.3 Å². The normalized spacial score (nSPS) is 24.8. The number of nitrogens with zero attached hydrogens (tertiary/aromatic N) is 2. The maximum Gasteiger partial charge on any atom is 0.329 e. The van der Waals surface area contributed by atoms with Gasteiger partial charge in [0.15, 0.2) is 0 Å². The molecule has 3 rings (SSSR count). The van der Waals surface area contributed by atoms with E-state index >= 15 is 0 Å². The largest absolute Gasteiger partial charge is 0.459 e. The zero-order valence-electron chi connectivity index (χ0n) is 9.50. The Bertz CT molecular complexity index is 576. The van der Waals surface area contributed by atoms with Crippen LogP contribution in [-0.2, 0) is 9.53 Å².